The van der Waals surface area contributed by atoms with Crippen molar-refractivity contribution in [2.75, 3.05) is 27.3 Å². The third-order valence-electron chi connectivity index (χ3n) is 3.73. The SMILES string of the molecule is CCOc1ncccc1CNC(=O)[C@@H]1C[C@H](OC)CN1C. The summed E-state index contributed by atoms with van der Waals surface area (Å²) in [6.45, 7) is 3.67. The van der Waals surface area contributed by atoms with Crippen molar-refractivity contribution in [3.63, 3.8) is 0 Å². The number of likely N-dealkylation sites (N-methyl/N-ethyl adjacent to an activating group) is 1. The molecule has 6 heteroatoms. The number of amides is 1. The normalized spacial score (nSPS) is 22.2. The van der Waals surface area contributed by atoms with Gasteiger partial charge in [0.15, 0.2) is 0 Å². The van der Waals surface area contributed by atoms with Crippen molar-refractivity contribution < 1.29 is 14.3 Å². The largest absolute Gasteiger partial charge is 0.478 e. The molecule has 1 fully saturated rings. The van der Waals surface area contributed by atoms with E-state index in [-0.39, 0.29) is 18.1 Å². The molecule has 2 heterocycles. The highest BCUT2D eigenvalue weighted by molar-refractivity contribution is 5.82. The van der Waals surface area contributed by atoms with Crippen molar-refractivity contribution in [2.24, 2.45) is 0 Å². The number of aromatic nitrogens is 1. The van der Waals surface area contributed by atoms with Crippen LogP contribution in [0.1, 0.15) is 18.9 Å². The van der Waals surface area contributed by atoms with Crippen LogP contribution in [-0.4, -0.2) is 55.2 Å². The zero-order valence-corrected chi connectivity index (χ0v) is 12.8. The summed E-state index contributed by atoms with van der Waals surface area (Å²) in [6.07, 6.45) is 2.54. The summed E-state index contributed by atoms with van der Waals surface area (Å²) in [5.41, 5.74) is 0.886. The van der Waals surface area contributed by atoms with Crippen LogP contribution in [-0.2, 0) is 16.1 Å². The van der Waals surface area contributed by atoms with E-state index in [0.29, 0.717) is 19.0 Å². The number of ether oxygens (including phenoxy) is 2. The third kappa shape index (κ3) is 3.92. The van der Waals surface area contributed by atoms with Crippen LogP contribution in [0.2, 0.25) is 0 Å². The minimum Gasteiger partial charge on any atom is -0.478 e. The summed E-state index contributed by atoms with van der Waals surface area (Å²) in [4.78, 5) is 18.5. The van der Waals surface area contributed by atoms with E-state index in [1.54, 1.807) is 13.3 Å². The van der Waals surface area contributed by atoms with Crippen molar-refractivity contribution in [1.82, 2.24) is 15.2 Å². The fourth-order valence-corrected chi connectivity index (χ4v) is 2.56. The highest BCUT2D eigenvalue weighted by atomic mass is 16.5. The zero-order valence-electron chi connectivity index (χ0n) is 12.8. The lowest BCUT2D eigenvalue weighted by Gasteiger charge is -2.18. The summed E-state index contributed by atoms with van der Waals surface area (Å²) in [5, 5.41) is 2.96. The van der Waals surface area contributed by atoms with E-state index >= 15 is 0 Å². The Morgan fingerprint density at radius 3 is 3.05 bits per heavy atom. The molecule has 2 atom stereocenters. The Hall–Kier alpha value is -1.66. The Morgan fingerprint density at radius 2 is 2.38 bits per heavy atom. The summed E-state index contributed by atoms with van der Waals surface area (Å²) in [7, 11) is 3.63. The Bertz CT molecular complexity index is 481. The average molecular weight is 293 g/mol. The molecule has 0 unspecified atom stereocenters. The fraction of sp³-hybridized carbons (Fsp3) is 0.600. The van der Waals surface area contributed by atoms with Crippen LogP contribution in [0.5, 0.6) is 5.88 Å². The number of hydrogen-bond donors (Lipinski definition) is 1. The van der Waals surface area contributed by atoms with Gasteiger partial charge in [0.05, 0.1) is 18.8 Å². The molecule has 21 heavy (non-hydrogen) atoms. The molecule has 0 spiro atoms. The number of nitrogens with one attached hydrogen (secondary N) is 1. The second-order valence-electron chi connectivity index (χ2n) is 5.17. The number of methoxy groups -OCH3 is 1. The van der Waals surface area contributed by atoms with Gasteiger partial charge >= 0.3 is 0 Å². The molecule has 1 aliphatic heterocycles. The molecule has 0 aliphatic carbocycles. The van der Waals surface area contributed by atoms with Crippen LogP contribution in [0.15, 0.2) is 18.3 Å². The Balaban J connectivity index is 1.92. The summed E-state index contributed by atoms with van der Waals surface area (Å²) in [5.74, 6) is 0.596. The molecule has 1 N–H and O–H groups in total. The molecule has 0 bridgehead atoms. The van der Waals surface area contributed by atoms with Crippen molar-refractivity contribution in [3.05, 3.63) is 23.9 Å². The molecule has 0 radical (unpaired) electrons. The summed E-state index contributed by atoms with van der Waals surface area (Å²) >= 11 is 0. The van der Waals surface area contributed by atoms with Gasteiger partial charge in [0, 0.05) is 32.0 Å². The smallest absolute Gasteiger partial charge is 0.237 e. The first kappa shape index (κ1) is 15.7. The predicted molar refractivity (Wildman–Crippen MR) is 79.1 cm³/mol. The lowest BCUT2D eigenvalue weighted by molar-refractivity contribution is -0.125. The molecule has 1 amide bonds. The molecular weight excluding hydrogens is 270 g/mol. The van der Waals surface area contributed by atoms with E-state index in [1.807, 2.05) is 31.0 Å². The van der Waals surface area contributed by atoms with Gasteiger partial charge in [0.25, 0.3) is 0 Å². The number of pyridine rings is 1. The molecule has 1 aromatic rings. The van der Waals surface area contributed by atoms with Crippen molar-refractivity contribution in [2.45, 2.75) is 32.0 Å². The van der Waals surface area contributed by atoms with Gasteiger partial charge in [-0.2, -0.15) is 0 Å². The maximum atomic E-state index is 12.3. The molecule has 1 aliphatic rings. The van der Waals surface area contributed by atoms with Crippen molar-refractivity contribution in [3.8, 4) is 5.88 Å². The monoisotopic (exact) mass is 293 g/mol. The van der Waals surface area contributed by atoms with Gasteiger partial charge in [0.2, 0.25) is 11.8 Å². The number of rotatable bonds is 6. The van der Waals surface area contributed by atoms with E-state index in [4.69, 9.17) is 9.47 Å². The highest BCUT2D eigenvalue weighted by Crippen LogP contribution is 2.19. The first-order chi connectivity index (χ1) is 10.2. The van der Waals surface area contributed by atoms with E-state index in [2.05, 4.69) is 10.3 Å². The van der Waals surface area contributed by atoms with E-state index in [1.165, 1.54) is 0 Å². The van der Waals surface area contributed by atoms with Crippen LogP contribution in [0.25, 0.3) is 0 Å². The first-order valence-electron chi connectivity index (χ1n) is 7.23. The van der Waals surface area contributed by atoms with Gasteiger partial charge in [-0.3, -0.25) is 9.69 Å². The van der Waals surface area contributed by atoms with Gasteiger partial charge in [0.1, 0.15) is 0 Å². The molecule has 6 nitrogen and oxygen atoms in total. The highest BCUT2D eigenvalue weighted by Gasteiger charge is 2.34. The summed E-state index contributed by atoms with van der Waals surface area (Å²) in [6, 6.07) is 3.61. The fourth-order valence-electron chi connectivity index (χ4n) is 2.56. The Morgan fingerprint density at radius 1 is 1.57 bits per heavy atom. The molecule has 1 aromatic heterocycles. The van der Waals surface area contributed by atoms with Crippen LogP contribution in [0, 0.1) is 0 Å². The van der Waals surface area contributed by atoms with Crippen LogP contribution >= 0.6 is 0 Å². The lowest BCUT2D eigenvalue weighted by Crippen LogP contribution is -2.41. The van der Waals surface area contributed by atoms with Crippen LogP contribution in [0.3, 0.4) is 0 Å². The van der Waals surface area contributed by atoms with Crippen molar-refractivity contribution >= 4 is 5.91 Å². The minimum atomic E-state index is -0.137. The number of carbonyl (C=O) groups is 1. The topological polar surface area (TPSA) is 63.7 Å². The third-order valence-corrected chi connectivity index (χ3v) is 3.73. The van der Waals surface area contributed by atoms with Gasteiger partial charge in [-0.1, -0.05) is 6.07 Å². The molecule has 0 aromatic carbocycles. The number of likely N-dealkylation sites (tertiary alicyclic amines) is 1. The van der Waals surface area contributed by atoms with Gasteiger partial charge < -0.3 is 14.8 Å². The molecule has 2 rings (SSSR count). The Labute approximate surface area is 125 Å². The molecule has 0 saturated carbocycles. The van der Waals surface area contributed by atoms with E-state index in [9.17, 15) is 4.79 Å². The maximum Gasteiger partial charge on any atom is 0.237 e. The number of hydrogen-bond acceptors (Lipinski definition) is 5. The second kappa shape index (κ2) is 7.38. The molecule has 116 valence electrons. The second-order valence-corrected chi connectivity index (χ2v) is 5.17. The first-order valence-corrected chi connectivity index (χ1v) is 7.23. The predicted octanol–water partition coefficient (Wildman–Crippen LogP) is 0.816. The van der Waals surface area contributed by atoms with Gasteiger partial charge in [-0.25, -0.2) is 4.98 Å². The lowest BCUT2D eigenvalue weighted by atomic mass is 10.2. The minimum absolute atomic E-state index is 0.0170. The van der Waals surface area contributed by atoms with Gasteiger partial charge in [-0.05, 0) is 26.5 Å². The van der Waals surface area contributed by atoms with E-state index in [0.717, 1.165) is 18.5 Å². The van der Waals surface area contributed by atoms with Crippen molar-refractivity contribution in [1.29, 1.82) is 0 Å². The Kier molecular flexibility index (Phi) is 5.52. The summed E-state index contributed by atoms with van der Waals surface area (Å²) < 4.78 is 10.8. The number of carbonyl (C=O) groups excluding carboxylic acids is 1. The zero-order chi connectivity index (χ0) is 15.2. The maximum absolute atomic E-state index is 12.3. The van der Waals surface area contributed by atoms with Gasteiger partial charge in [-0.15, -0.1) is 0 Å². The molecule has 1 saturated heterocycles. The standard InChI is InChI=1S/C15H23N3O3/c1-4-21-15-11(6-5-7-16-15)9-17-14(19)13-8-12(20-3)10-18(13)2/h5-7,12-13H,4,8-10H2,1-3H3,(H,17,19)/t12-,13-/m0/s1. The van der Waals surface area contributed by atoms with Crippen LogP contribution in [0.4, 0.5) is 0 Å². The quantitative estimate of drug-likeness (QED) is 0.841. The molecular formula is C15H23N3O3. The van der Waals surface area contributed by atoms with E-state index < -0.39 is 0 Å². The average Bonchev–Trinajstić information content (AvgIpc) is 2.87. The number of nitrogens with zero attached hydrogens (tertiary/aromatic N) is 2. The van der Waals surface area contributed by atoms with Crippen LogP contribution < -0.4 is 10.1 Å².